The van der Waals surface area contributed by atoms with Crippen molar-refractivity contribution in [1.29, 1.82) is 0 Å². The molecule has 17 heavy (non-hydrogen) atoms. The largest absolute Gasteiger partial charge is 0.353 e. The van der Waals surface area contributed by atoms with E-state index in [1.54, 1.807) is 0 Å². The van der Waals surface area contributed by atoms with E-state index in [9.17, 15) is 0 Å². The fraction of sp³-hybridized carbons (Fsp3) is 0.692. The van der Waals surface area contributed by atoms with Gasteiger partial charge in [-0.3, -0.25) is 4.98 Å². The van der Waals surface area contributed by atoms with Crippen LogP contribution < -0.4 is 10.2 Å². The van der Waals surface area contributed by atoms with E-state index in [1.807, 2.05) is 12.4 Å². The lowest BCUT2D eigenvalue weighted by Crippen LogP contribution is -2.27. The van der Waals surface area contributed by atoms with Crippen LogP contribution in [-0.2, 0) is 6.54 Å². The number of nitrogens with zero attached hydrogens (tertiary/aromatic N) is 3. The van der Waals surface area contributed by atoms with Gasteiger partial charge >= 0.3 is 0 Å². The predicted molar refractivity (Wildman–Crippen MR) is 67.9 cm³/mol. The molecule has 1 saturated heterocycles. The van der Waals surface area contributed by atoms with Crippen molar-refractivity contribution in [1.82, 2.24) is 15.3 Å². The Morgan fingerprint density at radius 2 is 2.18 bits per heavy atom. The third kappa shape index (κ3) is 2.57. The van der Waals surface area contributed by atoms with E-state index in [4.69, 9.17) is 0 Å². The Bertz CT molecular complexity index is 372. The van der Waals surface area contributed by atoms with Gasteiger partial charge in [-0.1, -0.05) is 0 Å². The number of anilines is 1. The second-order valence-electron chi connectivity index (χ2n) is 5.21. The molecule has 4 nitrogen and oxygen atoms in total. The van der Waals surface area contributed by atoms with Crippen molar-refractivity contribution in [3.05, 3.63) is 18.1 Å². The first-order valence-electron chi connectivity index (χ1n) is 6.64. The summed E-state index contributed by atoms with van der Waals surface area (Å²) in [5.74, 6) is 1.03. The first kappa shape index (κ1) is 11.0. The van der Waals surface area contributed by atoms with Gasteiger partial charge in [0, 0.05) is 25.2 Å². The van der Waals surface area contributed by atoms with Gasteiger partial charge < -0.3 is 10.2 Å². The molecule has 1 aliphatic heterocycles. The number of rotatable bonds is 4. The Morgan fingerprint density at radius 3 is 2.76 bits per heavy atom. The van der Waals surface area contributed by atoms with E-state index in [0.717, 1.165) is 30.6 Å². The molecule has 0 aromatic carbocycles. The summed E-state index contributed by atoms with van der Waals surface area (Å²) in [6.07, 6.45) is 9.01. The summed E-state index contributed by atoms with van der Waals surface area (Å²) in [4.78, 5) is 11.4. The highest BCUT2D eigenvalue weighted by Gasteiger charge is 2.22. The first-order valence-corrected chi connectivity index (χ1v) is 6.64. The lowest BCUT2D eigenvalue weighted by atomic mass is 10.2. The van der Waals surface area contributed by atoms with E-state index >= 15 is 0 Å². The average Bonchev–Trinajstić information content (AvgIpc) is 3.09. The van der Waals surface area contributed by atoms with Crippen LogP contribution in [0.15, 0.2) is 12.4 Å². The molecule has 1 aromatic rings. The first-order chi connectivity index (χ1) is 8.33. The second-order valence-corrected chi connectivity index (χ2v) is 5.21. The molecule has 0 bridgehead atoms. The van der Waals surface area contributed by atoms with Gasteiger partial charge in [0.1, 0.15) is 5.82 Å². The minimum absolute atomic E-state index is 0.611. The second kappa shape index (κ2) is 4.61. The quantitative estimate of drug-likeness (QED) is 0.858. The van der Waals surface area contributed by atoms with Crippen molar-refractivity contribution >= 4 is 5.82 Å². The van der Waals surface area contributed by atoms with Gasteiger partial charge in [-0.15, -0.1) is 0 Å². The van der Waals surface area contributed by atoms with Crippen LogP contribution in [-0.4, -0.2) is 28.6 Å². The number of hydrogen-bond donors (Lipinski definition) is 1. The third-order valence-electron chi connectivity index (χ3n) is 3.69. The van der Waals surface area contributed by atoms with Crippen LogP contribution in [0.5, 0.6) is 0 Å². The number of hydrogen-bond acceptors (Lipinski definition) is 4. The lowest BCUT2D eigenvalue weighted by Gasteiger charge is -2.22. The van der Waals surface area contributed by atoms with Crippen LogP contribution >= 0.6 is 0 Å². The molecule has 1 atom stereocenters. The molecular formula is C13H20N4. The average molecular weight is 232 g/mol. The van der Waals surface area contributed by atoms with E-state index in [2.05, 4.69) is 27.1 Å². The SMILES string of the molecule is CC1CCCN1c1cnc(CNC2CC2)cn1. The van der Waals surface area contributed by atoms with E-state index < -0.39 is 0 Å². The highest BCUT2D eigenvalue weighted by atomic mass is 15.2. The molecule has 1 saturated carbocycles. The van der Waals surface area contributed by atoms with Crippen LogP contribution in [0.1, 0.15) is 38.3 Å². The Balaban J connectivity index is 1.62. The maximum Gasteiger partial charge on any atom is 0.147 e. The summed E-state index contributed by atoms with van der Waals surface area (Å²) in [6, 6.07) is 1.34. The fourth-order valence-electron chi connectivity index (χ4n) is 2.40. The van der Waals surface area contributed by atoms with E-state index in [0.29, 0.717) is 6.04 Å². The normalized spacial score (nSPS) is 24.3. The van der Waals surface area contributed by atoms with Gasteiger partial charge in [0.15, 0.2) is 0 Å². The summed E-state index contributed by atoms with van der Waals surface area (Å²) >= 11 is 0. The topological polar surface area (TPSA) is 41.1 Å². The Morgan fingerprint density at radius 1 is 1.29 bits per heavy atom. The van der Waals surface area contributed by atoms with Crippen LogP contribution in [0.25, 0.3) is 0 Å². The molecule has 92 valence electrons. The van der Waals surface area contributed by atoms with Crippen molar-refractivity contribution in [3.8, 4) is 0 Å². The number of nitrogens with one attached hydrogen (secondary N) is 1. The van der Waals surface area contributed by atoms with Crippen molar-refractivity contribution in [2.24, 2.45) is 0 Å². The van der Waals surface area contributed by atoms with Gasteiger partial charge in [0.2, 0.25) is 0 Å². The van der Waals surface area contributed by atoms with Crippen LogP contribution in [0.3, 0.4) is 0 Å². The molecule has 0 spiro atoms. The molecule has 2 heterocycles. The maximum absolute atomic E-state index is 4.53. The monoisotopic (exact) mass is 232 g/mol. The van der Waals surface area contributed by atoms with Crippen molar-refractivity contribution in [2.75, 3.05) is 11.4 Å². The highest BCUT2D eigenvalue weighted by Crippen LogP contribution is 2.22. The predicted octanol–water partition coefficient (Wildman–Crippen LogP) is 1.72. The Kier molecular flexibility index (Phi) is 2.97. The minimum Gasteiger partial charge on any atom is -0.353 e. The molecule has 1 aliphatic carbocycles. The van der Waals surface area contributed by atoms with Gasteiger partial charge in [0.25, 0.3) is 0 Å². The molecule has 1 N–H and O–H groups in total. The zero-order valence-electron chi connectivity index (χ0n) is 10.4. The Hall–Kier alpha value is -1.16. The Labute approximate surface area is 102 Å². The van der Waals surface area contributed by atoms with Crippen molar-refractivity contribution in [3.63, 3.8) is 0 Å². The summed E-state index contributed by atoms with van der Waals surface area (Å²) in [5.41, 5.74) is 1.05. The molecule has 3 rings (SSSR count). The van der Waals surface area contributed by atoms with Crippen molar-refractivity contribution < 1.29 is 0 Å². The third-order valence-corrected chi connectivity index (χ3v) is 3.69. The summed E-state index contributed by atoms with van der Waals surface area (Å²) in [5, 5.41) is 3.45. The minimum atomic E-state index is 0.611. The molecule has 2 aliphatic rings. The van der Waals surface area contributed by atoms with Crippen LogP contribution in [0.4, 0.5) is 5.82 Å². The zero-order chi connectivity index (χ0) is 11.7. The molecule has 1 aromatic heterocycles. The molecule has 2 fully saturated rings. The van der Waals surface area contributed by atoms with Gasteiger partial charge in [0.05, 0.1) is 18.1 Å². The van der Waals surface area contributed by atoms with Gasteiger partial charge in [-0.2, -0.15) is 0 Å². The zero-order valence-corrected chi connectivity index (χ0v) is 10.4. The van der Waals surface area contributed by atoms with Gasteiger partial charge in [-0.25, -0.2) is 4.98 Å². The van der Waals surface area contributed by atoms with E-state index in [1.165, 1.54) is 25.7 Å². The molecule has 0 amide bonds. The summed E-state index contributed by atoms with van der Waals surface area (Å²) < 4.78 is 0. The smallest absolute Gasteiger partial charge is 0.147 e. The summed E-state index contributed by atoms with van der Waals surface area (Å²) in [7, 11) is 0. The summed E-state index contributed by atoms with van der Waals surface area (Å²) in [6.45, 7) is 4.24. The molecule has 0 radical (unpaired) electrons. The van der Waals surface area contributed by atoms with Gasteiger partial charge in [-0.05, 0) is 32.6 Å². The molecular weight excluding hydrogens is 212 g/mol. The highest BCUT2D eigenvalue weighted by molar-refractivity contribution is 5.38. The lowest BCUT2D eigenvalue weighted by molar-refractivity contribution is 0.669. The van der Waals surface area contributed by atoms with Crippen LogP contribution in [0.2, 0.25) is 0 Å². The van der Waals surface area contributed by atoms with E-state index in [-0.39, 0.29) is 0 Å². The molecule has 1 unspecified atom stereocenters. The molecule has 4 heteroatoms. The van der Waals surface area contributed by atoms with Crippen molar-refractivity contribution in [2.45, 2.75) is 51.2 Å². The number of aromatic nitrogens is 2. The van der Waals surface area contributed by atoms with Crippen LogP contribution in [0, 0.1) is 0 Å². The fourth-order valence-corrected chi connectivity index (χ4v) is 2.40. The standard InChI is InChI=1S/C13H20N4/c1-10-3-2-6-17(10)13-9-15-12(8-16-13)7-14-11-4-5-11/h8-11,14H,2-7H2,1H3. The maximum atomic E-state index is 4.53.